The number of nitrogens with one attached hydrogen (secondary N) is 1. The zero-order valence-corrected chi connectivity index (χ0v) is 13.5. The monoisotopic (exact) mass is 323 g/mol. The van der Waals surface area contributed by atoms with E-state index in [1.54, 1.807) is 37.4 Å². The summed E-state index contributed by atoms with van der Waals surface area (Å²) in [5, 5.41) is 0.604. The number of aryl methyl sites for hydroxylation is 1. The molecule has 3 N–H and O–H groups in total. The van der Waals surface area contributed by atoms with Crippen LogP contribution in [-0.4, -0.2) is 24.4 Å². The van der Waals surface area contributed by atoms with Crippen molar-refractivity contribution in [1.82, 2.24) is 9.71 Å². The maximum Gasteiger partial charge on any atom is 0.241 e. The molecule has 21 heavy (non-hydrogen) atoms. The van der Waals surface area contributed by atoms with Gasteiger partial charge in [0.2, 0.25) is 10.0 Å². The van der Waals surface area contributed by atoms with Crippen LogP contribution in [0.3, 0.4) is 0 Å². The summed E-state index contributed by atoms with van der Waals surface area (Å²) in [6.07, 6.45) is 1.96. The Morgan fingerprint density at radius 1 is 1.43 bits per heavy atom. The van der Waals surface area contributed by atoms with Crippen LogP contribution in [0.15, 0.2) is 35.4 Å². The first-order valence-corrected chi connectivity index (χ1v) is 8.35. The molecule has 0 spiro atoms. The molecule has 0 saturated carbocycles. The average Bonchev–Trinajstić information content (AvgIpc) is 2.37. The fourth-order valence-electron chi connectivity index (χ4n) is 2.19. The average molecular weight is 323 g/mol. The molecule has 0 aliphatic carbocycles. The lowest BCUT2D eigenvalue weighted by Gasteiger charge is -2.15. The molecule has 0 fully saturated rings. The maximum atomic E-state index is 12.5. The molecule has 0 aliphatic heterocycles. The molecule has 5 nitrogen and oxygen atoms in total. The van der Waals surface area contributed by atoms with Crippen molar-refractivity contribution in [1.29, 1.82) is 0 Å². The third-order valence-corrected chi connectivity index (χ3v) is 4.90. The Morgan fingerprint density at radius 2 is 2.14 bits per heavy atom. The Hall–Kier alpha value is -1.57. The molecule has 1 heterocycles. The molecule has 2 aromatic rings. The summed E-state index contributed by atoms with van der Waals surface area (Å²) in [6.45, 7) is 3.62. The number of thiocarbonyl (C=S) groups is 1. The summed E-state index contributed by atoms with van der Waals surface area (Å²) in [6, 6.07) is 6.46. The number of nitrogens with two attached hydrogens (primary N) is 1. The molecule has 112 valence electrons. The number of benzene rings is 1. The molecular weight excluding hydrogens is 306 g/mol. The summed E-state index contributed by atoms with van der Waals surface area (Å²) in [5.41, 5.74) is 7.06. The highest BCUT2D eigenvalue weighted by molar-refractivity contribution is 7.89. The standard InChI is InChI=1S/C14H17N3O2S2/c1-9-5-6-12(11-4-3-7-16-14(9)11)21(18,19)17-10(2)8-13(15)20/h3-7,10,17H,8H2,1-2H3,(H2,15,20). The molecule has 0 bridgehead atoms. The predicted octanol–water partition coefficient (Wildman–Crippen LogP) is 1.89. The van der Waals surface area contributed by atoms with Gasteiger partial charge in [-0.25, -0.2) is 13.1 Å². The van der Waals surface area contributed by atoms with Crippen molar-refractivity contribution in [3.05, 3.63) is 36.0 Å². The third-order valence-electron chi connectivity index (χ3n) is 3.08. The van der Waals surface area contributed by atoms with Crippen LogP contribution in [0.5, 0.6) is 0 Å². The second kappa shape index (κ2) is 6.05. The van der Waals surface area contributed by atoms with Gasteiger partial charge in [0.1, 0.15) is 0 Å². The van der Waals surface area contributed by atoms with Crippen LogP contribution < -0.4 is 10.5 Å². The molecule has 7 heteroatoms. The lowest BCUT2D eigenvalue weighted by atomic mass is 10.1. The van der Waals surface area contributed by atoms with Gasteiger partial charge in [-0.2, -0.15) is 0 Å². The quantitative estimate of drug-likeness (QED) is 0.821. The largest absolute Gasteiger partial charge is 0.393 e. The maximum absolute atomic E-state index is 12.5. The second-order valence-electron chi connectivity index (χ2n) is 4.97. The van der Waals surface area contributed by atoms with Gasteiger partial charge in [-0.05, 0) is 37.6 Å². The second-order valence-corrected chi connectivity index (χ2v) is 7.18. The van der Waals surface area contributed by atoms with E-state index in [0.717, 1.165) is 5.56 Å². The highest BCUT2D eigenvalue weighted by atomic mass is 32.2. The Bertz CT molecular complexity index is 788. The first-order valence-electron chi connectivity index (χ1n) is 6.46. The van der Waals surface area contributed by atoms with E-state index in [0.29, 0.717) is 17.3 Å². The van der Waals surface area contributed by atoms with E-state index in [1.807, 2.05) is 6.92 Å². The van der Waals surface area contributed by atoms with E-state index in [1.165, 1.54) is 0 Å². The number of fused-ring (bicyclic) bond motifs is 1. The SMILES string of the molecule is Cc1ccc(S(=O)(=O)NC(C)CC(N)=S)c2cccnc12. The molecule has 2 rings (SSSR count). The highest BCUT2D eigenvalue weighted by Gasteiger charge is 2.21. The summed E-state index contributed by atoms with van der Waals surface area (Å²) in [4.78, 5) is 4.74. The van der Waals surface area contributed by atoms with Crippen LogP contribution in [-0.2, 0) is 10.0 Å². The van der Waals surface area contributed by atoms with Crippen molar-refractivity contribution in [3.63, 3.8) is 0 Å². The van der Waals surface area contributed by atoms with E-state index >= 15 is 0 Å². The van der Waals surface area contributed by atoms with E-state index in [4.69, 9.17) is 18.0 Å². The molecule has 1 aromatic heterocycles. The van der Waals surface area contributed by atoms with Crippen LogP contribution in [0.4, 0.5) is 0 Å². The number of rotatable bonds is 5. The number of sulfonamides is 1. The number of nitrogens with zero attached hydrogens (tertiary/aromatic N) is 1. The Morgan fingerprint density at radius 3 is 2.81 bits per heavy atom. The predicted molar refractivity (Wildman–Crippen MR) is 87.7 cm³/mol. The fourth-order valence-corrected chi connectivity index (χ4v) is 3.89. The minimum atomic E-state index is -3.65. The first-order chi connectivity index (χ1) is 9.81. The zero-order chi connectivity index (χ0) is 15.6. The van der Waals surface area contributed by atoms with Crippen molar-refractivity contribution in [2.75, 3.05) is 0 Å². The van der Waals surface area contributed by atoms with Gasteiger partial charge in [0.15, 0.2) is 0 Å². The zero-order valence-electron chi connectivity index (χ0n) is 11.8. The topological polar surface area (TPSA) is 85.1 Å². The number of aromatic nitrogens is 1. The van der Waals surface area contributed by atoms with E-state index in [-0.39, 0.29) is 15.9 Å². The van der Waals surface area contributed by atoms with Gasteiger partial charge in [0.05, 0.1) is 15.4 Å². The van der Waals surface area contributed by atoms with Crippen LogP contribution in [0.2, 0.25) is 0 Å². The van der Waals surface area contributed by atoms with Crippen LogP contribution >= 0.6 is 12.2 Å². The van der Waals surface area contributed by atoms with Crippen molar-refractivity contribution < 1.29 is 8.42 Å². The Labute approximate surface area is 129 Å². The van der Waals surface area contributed by atoms with Crippen molar-refractivity contribution in [3.8, 4) is 0 Å². The number of pyridine rings is 1. The lowest BCUT2D eigenvalue weighted by molar-refractivity contribution is 0.566. The summed E-state index contributed by atoms with van der Waals surface area (Å²) >= 11 is 4.80. The molecule has 1 unspecified atom stereocenters. The van der Waals surface area contributed by atoms with E-state index in [9.17, 15) is 8.42 Å². The Balaban J connectivity index is 2.46. The molecule has 1 aromatic carbocycles. The van der Waals surface area contributed by atoms with Gasteiger partial charge in [-0.15, -0.1) is 0 Å². The molecule has 1 atom stereocenters. The van der Waals surface area contributed by atoms with Crippen LogP contribution in [0, 0.1) is 6.92 Å². The minimum absolute atomic E-state index is 0.214. The van der Waals surface area contributed by atoms with Gasteiger partial charge in [-0.3, -0.25) is 4.98 Å². The summed E-state index contributed by atoms with van der Waals surface area (Å²) < 4.78 is 27.6. The van der Waals surface area contributed by atoms with Gasteiger partial charge in [-0.1, -0.05) is 18.3 Å². The first kappa shape index (κ1) is 15.8. The van der Waals surface area contributed by atoms with Gasteiger partial charge in [0.25, 0.3) is 0 Å². The van der Waals surface area contributed by atoms with Gasteiger partial charge in [0, 0.05) is 24.0 Å². The van der Waals surface area contributed by atoms with Crippen LogP contribution in [0.25, 0.3) is 10.9 Å². The van der Waals surface area contributed by atoms with Crippen molar-refractivity contribution in [2.24, 2.45) is 5.73 Å². The lowest BCUT2D eigenvalue weighted by Crippen LogP contribution is -2.35. The molecule has 0 radical (unpaired) electrons. The van der Waals surface area contributed by atoms with Crippen molar-refractivity contribution >= 4 is 38.1 Å². The Kier molecular flexibility index (Phi) is 4.55. The molecule has 0 aliphatic rings. The van der Waals surface area contributed by atoms with E-state index in [2.05, 4.69) is 9.71 Å². The molecule has 0 amide bonds. The fraction of sp³-hybridized carbons (Fsp3) is 0.286. The third kappa shape index (κ3) is 3.55. The summed E-state index contributed by atoms with van der Waals surface area (Å²) in [7, 11) is -3.65. The number of hydrogen-bond donors (Lipinski definition) is 2. The van der Waals surface area contributed by atoms with E-state index < -0.39 is 10.0 Å². The normalized spacial score (nSPS) is 13.2. The number of hydrogen-bond acceptors (Lipinski definition) is 4. The van der Waals surface area contributed by atoms with Gasteiger partial charge < -0.3 is 5.73 Å². The van der Waals surface area contributed by atoms with Crippen LogP contribution in [0.1, 0.15) is 18.9 Å². The highest BCUT2D eigenvalue weighted by Crippen LogP contribution is 2.24. The minimum Gasteiger partial charge on any atom is -0.393 e. The van der Waals surface area contributed by atoms with Gasteiger partial charge >= 0.3 is 0 Å². The smallest absolute Gasteiger partial charge is 0.241 e. The molecular formula is C14H17N3O2S2. The molecule has 0 saturated heterocycles. The van der Waals surface area contributed by atoms with Crippen molar-refractivity contribution in [2.45, 2.75) is 31.2 Å². The summed E-state index contributed by atoms with van der Waals surface area (Å²) in [5.74, 6) is 0.